The van der Waals surface area contributed by atoms with Gasteiger partial charge in [-0.2, -0.15) is 0 Å². The predicted molar refractivity (Wildman–Crippen MR) is 380 cm³/mol. The van der Waals surface area contributed by atoms with Crippen molar-refractivity contribution in [2.75, 3.05) is 13.2 Å². The van der Waals surface area contributed by atoms with E-state index >= 15 is 8.78 Å². The first-order valence-corrected chi connectivity index (χ1v) is 37.0. The van der Waals surface area contributed by atoms with Gasteiger partial charge in [-0.3, -0.25) is 0 Å². The lowest BCUT2D eigenvalue weighted by Gasteiger charge is -2.17. The van der Waals surface area contributed by atoms with Gasteiger partial charge in [0, 0.05) is 61.9 Å². The van der Waals surface area contributed by atoms with Crippen LogP contribution >= 0.6 is 45.3 Å². The van der Waals surface area contributed by atoms with Gasteiger partial charge in [0.2, 0.25) is 0 Å². The molecule has 6 nitrogen and oxygen atoms in total. The van der Waals surface area contributed by atoms with Crippen LogP contribution in [-0.4, -0.2) is 23.2 Å². The summed E-state index contributed by atoms with van der Waals surface area (Å²) in [7, 11) is 0. The molecule has 0 amide bonds. The maximum atomic E-state index is 17.8. The summed E-state index contributed by atoms with van der Waals surface area (Å²) in [6, 6.07) is 36.6. The number of aromatic nitrogens is 2. The first-order valence-electron chi connectivity index (χ1n) is 33.7. The van der Waals surface area contributed by atoms with Gasteiger partial charge in [-0.15, -0.1) is 45.3 Å². The zero-order valence-corrected chi connectivity index (χ0v) is 56.9. The van der Waals surface area contributed by atoms with Crippen LogP contribution < -0.4 is 9.47 Å². The molecule has 2 atom stereocenters. The van der Waals surface area contributed by atoms with Crippen LogP contribution in [-0.2, 0) is 12.8 Å². The summed E-state index contributed by atoms with van der Waals surface area (Å²) in [5.74, 6) is 1.30. The minimum atomic E-state index is -1.10. The smallest absolute Gasteiger partial charge is 0.172 e. The van der Waals surface area contributed by atoms with E-state index in [0.29, 0.717) is 64.8 Å². The summed E-state index contributed by atoms with van der Waals surface area (Å²) in [5.41, 5.74) is 4.89. The molecule has 472 valence electrons. The van der Waals surface area contributed by atoms with Crippen molar-refractivity contribution >= 4 is 76.6 Å². The summed E-state index contributed by atoms with van der Waals surface area (Å²) >= 11 is 7.36. The van der Waals surface area contributed by atoms with Gasteiger partial charge < -0.3 is 18.3 Å². The molecule has 7 heterocycles. The first-order chi connectivity index (χ1) is 44.2. The second-order valence-corrected chi connectivity index (χ2v) is 28.8. The Bertz CT molecular complexity index is 3980. The third kappa shape index (κ3) is 15.0. The normalized spacial score (nSPS) is 12.5. The minimum Gasteiger partial charge on any atom is -0.494 e. The van der Waals surface area contributed by atoms with Gasteiger partial charge in [0.25, 0.3) is 0 Å². The molecule has 0 spiro atoms. The molecule has 0 aliphatic carbocycles. The van der Waals surface area contributed by atoms with Crippen LogP contribution in [0.4, 0.5) is 8.78 Å². The van der Waals surface area contributed by atoms with E-state index in [0.717, 1.165) is 48.8 Å². The van der Waals surface area contributed by atoms with E-state index in [2.05, 4.69) is 83.3 Å². The number of rotatable bonds is 35. The topological polar surface area (TPSA) is 70.5 Å². The Morgan fingerprint density at radius 1 is 0.456 bits per heavy atom. The molecule has 90 heavy (non-hydrogen) atoms. The zero-order valence-electron chi connectivity index (χ0n) is 53.6. The van der Waals surface area contributed by atoms with E-state index in [1.54, 1.807) is 29.5 Å². The second kappa shape index (κ2) is 31.7. The Morgan fingerprint density at radius 3 is 1.51 bits per heavy atom. The summed E-state index contributed by atoms with van der Waals surface area (Å²) in [6.45, 7) is 14.8. The van der Waals surface area contributed by atoms with Crippen molar-refractivity contribution < 1.29 is 27.1 Å². The van der Waals surface area contributed by atoms with E-state index in [-0.39, 0.29) is 33.7 Å². The molecule has 0 bridgehead atoms. The molecule has 0 aliphatic heterocycles. The van der Waals surface area contributed by atoms with Crippen LogP contribution in [0.2, 0.25) is 0 Å². The fourth-order valence-corrected chi connectivity index (χ4v) is 17.4. The van der Waals surface area contributed by atoms with E-state index in [4.69, 9.17) is 28.3 Å². The number of ether oxygens (including phenoxy) is 2. The zero-order chi connectivity index (χ0) is 62.3. The average molecular weight is 1280 g/mol. The van der Waals surface area contributed by atoms with Crippen LogP contribution in [0.25, 0.3) is 108 Å². The quantitative estimate of drug-likeness (QED) is 0.0369. The minimum absolute atomic E-state index is 0.120. The maximum Gasteiger partial charge on any atom is 0.172 e. The molecular weight excluding hydrogens is 1200 g/mol. The number of nitrogens with zero attached hydrogens (tertiary/aromatic N) is 2. The standard InChI is InChI=1S/C78H88F2N2O4S4/c1-7-13-17-19-21-23-42-83-55-32-25-30-53(48-55)73-74(54-31-26-33-56(49-54)84-43-24-22-20-18-14-8-2)82-76-70(72(80)71(79)69(75(76)81-73)62-34-27-44-85-62)63-38-37-61(86-63)66-50-60-68(65-40-36-58(89-65)47-52(12-6)29-16-10-4)77-59(41-45-87-77)67(78(60)90-66)64-39-35-57(88-64)46-51(11-5)28-15-9-3/h25-27,30-41,44-45,48-52H,7-24,28-29,42-43,46-47H2,1-6H3. The molecule has 4 aromatic carbocycles. The first kappa shape index (κ1) is 65.1. The fraction of sp³-hybridized carbons (Fsp3) is 0.410. The molecule has 0 fully saturated rings. The molecule has 0 radical (unpaired) electrons. The third-order valence-electron chi connectivity index (χ3n) is 17.9. The summed E-state index contributed by atoms with van der Waals surface area (Å²) in [6.07, 6.45) is 27.2. The van der Waals surface area contributed by atoms with Crippen molar-refractivity contribution in [3.8, 4) is 88.2 Å². The maximum absolute atomic E-state index is 17.8. The van der Waals surface area contributed by atoms with Crippen molar-refractivity contribution in [2.24, 2.45) is 11.8 Å². The van der Waals surface area contributed by atoms with Crippen LogP contribution in [0.15, 0.2) is 130 Å². The largest absolute Gasteiger partial charge is 0.494 e. The van der Waals surface area contributed by atoms with Crippen LogP contribution in [0.3, 0.4) is 0 Å². The predicted octanol–water partition coefficient (Wildman–Crippen LogP) is 26.3. The molecule has 0 N–H and O–H groups in total. The molecule has 11 aromatic rings. The SMILES string of the molecule is CCCCCCCCOc1cccc(-c2nc3c(-c4ccco4)c(F)c(F)c(-c4ccc(-c5cc6c(-c7ccc(CC(CC)CCCC)s7)c7sccc7c(-c7ccc(CC(CC)CCCC)s7)c6s5)o4)c3nc2-c2cccc(OCCCCCCCC)c2)c1. The lowest BCUT2D eigenvalue weighted by atomic mass is 9.95. The van der Waals surface area contributed by atoms with Crippen molar-refractivity contribution in [1.29, 1.82) is 0 Å². The van der Waals surface area contributed by atoms with E-state index in [9.17, 15) is 0 Å². The summed E-state index contributed by atoms with van der Waals surface area (Å²) in [5, 5.41) is 4.66. The van der Waals surface area contributed by atoms with Gasteiger partial charge in [0.05, 0.1) is 46.9 Å². The molecule has 7 aromatic heterocycles. The lowest BCUT2D eigenvalue weighted by Crippen LogP contribution is -2.04. The lowest BCUT2D eigenvalue weighted by molar-refractivity contribution is 0.304. The van der Waals surface area contributed by atoms with Gasteiger partial charge >= 0.3 is 0 Å². The Hall–Kier alpha value is -6.44. The molecule has 0 aliphatic rings. The number of thiophene rings is 4. The highest BCUT2D eigenvalue weighted by Gasteiger charge is 2.31. The van der Waals surface area contributed by atoms with Gasteiger partial charge in [-0.25, -0.2) is 18.7 Å². The van der Waals surface area contributed by atoms with E-state index in [1.807, 2.05) is 88.6 Å². The molecule has 2 unspecified atom stereocenters. The second-order valence-electron chi connectivity index (χ2n) is 24.5. The van der Waals surface area contributed by atoms with E-state index < -0.39 is 11.6 Å². The highest BCUT2D eigenvalue weighted by Crippen LogP contribution is 2.53. The average Bonchev–Trinajstić information content (AvgIpc) is 1.53. The van der Waals surface area contributed by atoms with Crippen LogP contribution in [0.5, 0.6) is 11.5 Å². The van der Waals surface area contributed by atoms with Crippen LogP contribution in [0.1, 0.15) is 180 Å². The monoisotopic (exact) mass is 1280 g/mol. The Balaban J connectivity index is 1.05. The molecule has 0 saturated heterocycles. The van der Waals surface area contributed by atoms with Gasteiger partial charge in [-0.1, -0.05) is 181 Å². The van der Waals surface area contributed by atoms with Crippen molar-refractivity contribution in [2.45, 2.75) is 183 Å². The van der Waals surface area contributed by atoms with Crippen LogP contribution in [0, 0.1) is 23.5 Å². The van der Waals surface area contributed by atoms with Gasteiger partial charge in [0.1, 0.15) is 39.8 Å². The van der Waals surface area contributed by atoms with Crippen molar-refractivity contribution in [1.82, 2.24) is 9.97 Å². The van der Waals surface area contributed by atoms with Crippen molar-refractivity contribution in [3.05, 3.63) is 142 Å². The Morgan fingerprint density at radius 2 is 0.978 bits per heavy atom. The van der Waals surface area contributed by atoms with Gasteiger partial charge in [-0.05, 0) is 128 Å². The number of halogens is 2. The van der Waals surface area contributed by atoms with Crippen molar-refractivity contribution in [3.63, 3.8) is 0 Å². The Kier molecular flexibility index (Phi) is 22.9. The van der Waals surface area contributed by atoms with Gasteiger partial charge in [0.15, 0.2) is 11.6 Å². The number of hydrogen-bond donors (Lipinski definition) is 0. The number of furan rings is 2. The number of benzene rings is 4. The highest BCUT2D eigenvalue weighted by atomic mass is 32.1. The van der Waals surface area contributed by atoms with E-state index in [1.165, 1.54) is 154 Å². The molecular formula is C78H88F2N2O4S4. The number of unbranched alkanes of at least 4 members (excludes halogenated alkanes) is 12. The Labute approximate surface area is 548 Å². The number of hydrogen-bond acceptors (Lipinski definition) is 10. The fourth-order valence-electron chi connectivity index (χ4n) is 12.7. The molecule has 11 rings (SSSR count). The summed E-state index contributed by atoms with van der Waals surface area (Å²) in [4.78, 5) is 17.1. The highest BCUT2D eigenvalue weighted by molar-refractivity contribution is 7.25. The number of fused-ring (bicyclic) bond motifs is 3. The third-order valence-corrected chi connectivity index (χ3v) is 22.2. The molecule has 0 saturated carbocycles. The molecule has 12 heteroatoms. The summed E-state index contributed by atoms with van der Waals surface area (Å²) < 4.78 is 63.4.